The van der Waals surface area contributed by atoms with E-state index in [1.54, 1.807) is 0 Å². The Hall–Kier alpha value is -0.0900. The molecule has 3 nitrogen and oxygen atoms in total. The molecule has 0 atom stereocenters. The smallest absolute Gasteiger partial charge is 0.0728 e. The Morgan fingerprint density at radius 2 is 1.86 bits per heavy atom. The van der Waals surface area contributed by atoms with E-state index in [0.717, 1.165) is 0 Å². The normalized spacial score (nSPS) is 22.4. The summed E-state index contributed by atoms with van der Waals surface area (Å²) >= 11 is 0. The second-order valence-corrected chi connectivity index (χ2v) is 3.50. The summed E-state index contributed by atoms with van der Waals surface area (Å²) in [7, 11) is -3.38. The summed E-state index contributed by atoms with van der Waals surface area (Å²) in [5.41, 5.74) is 0. The second kappa shape index (κ2) is 1.20. The summed E-state index contributed by atoms with van der Waals surface area (Å²) < 4.78 is 20.1. The molecule has 1 rings (SSSR count). The van der Waals surface area contributed by atoms with Crippen molar-refractivity contribution in [3.8, 4) is 0 Å². The van der Waals surface area contributed by atoms with Crippen LogP contribution in [0.2, 0.25) is 0 Å². The number of sulfonamides is 1. The van der Waals surface area contributed by atoms with Crippen LogP contribution in [0.5, 0.6) is 0 Å². The molecular weight excluding hydrogens is 114 g/mol. The highest BCUT2D eigenvalue weighted by atomic mass is 32.2. The van der Waals surface area contributed by atoms with Gasteiger partial charge in [0.1, 0.15) is 0 Å². The molecule has 1 fully saturated rings. The lowest BCUT2D eigenvalue weighted by Gasteiger charge is -1.97. The maximum Gasteiger partial charge on any atom is 0.0728 e. The van der Waals surface area contributed by atoms with Crippen molar-refractivity contribution in [3.63, 3.8) is 0 Å². The van der Waals surface area contributed by atoms with Crippen molar-refractivity contribution in [1.29, 1.82) is 0 Å². The lowest BCUT2D eigenvalue weighted by atomic mass is 11.0. The van der Waals surface area contributed by atoms with E-state index in [1.807, 2.05) is 0 Å². The first-order chi connectivity index (χ1) is 3.11. The standard InChI is InChI=1S/C3H6NO2S/c4-7(5,6)3-1-2-3/h3H,1-2H2,(H-,4,5,6)/q-1. The van der Waals surface area contributed by atoms with Crippen LogP contribution in [-0.4, -0.2) is 13.7 Å². The van der Waals surface area contributed by atoms with E-state index in [-0.39, 0.29) is 5.25 Å². The van der Waals surface area contributed by atoms with Crippen molar-refractivity contribution in [1.82, 2.24) is 0 Å². The molecule has 0 aromatic heterocycles. The zero-order chi connectivity index (χ0) is 5.49. The van der Waals surface area contributed by atoms with Crippen molar-refractivity contribution >= 4 is 10.0 Å². The molecule has 1 saturated carbocycles. The molecule has 7 heavy (non-hydrogen) atoms. The summed E-state index contributed by atoms with van der Waals surface area (Å²) in [6, 6.07) is 0. The van der Waals surface area contributed by atoms with Crippen molar-refractivity contribution in [2.45, 2.75) is 18.1 Å². The van der Waals surface area contributed by atoms with Crippen LogP contribution in [0.25, 0.3) is 5.14 Å². The van der Waals surface area contributed by atoms with E-state index in [9.17, 15) is 8.42 Å². The van der Waals surface area contributed by atoms with E-state index >= 15 is 0 Å². The molecule has 0 heterocycles. The summed E-state index contributed by atoms with van der Waals surface area (Å²) in [6.45, 7) is 0. The Labute approximate surface area is 42.6 Å². The van der Waals surface area contributed by atoms with Crippen LogP contribution in [0.15, 0.2) is 0 Å². The fraction of sp³-hybridized carbons (Fsp3) is 1.00. The molecule has 0 bridgehead atoms. The van der Waals surface area contributed by atoms with E-state index in [4.69, 9.17) is 5.14 Å². The third-order valence-corrected chi connectivity index (χ3v) is 2.31. The molecule has 0 amide bonds. The van der Waals surface area contributed by atoms with Crippen molar-refractivity contribution < 1.29 is 8.42 Å². The monoisotopic (exact) mass is 120 g/mol. The highest BCUT2D eigenvalue weighted by Gasteiger charge is 2.27. The zero-order valence-electron chi connectivity index (χ0n) is 3.72. The quantitative estimate of drug-likeness (QED) is 0.506. The molecule has 1 aliphatic carbocycles. The molecule has 0 unspecified atom stereocenters. The summed E-state index contributed by atoms with van der Waals surface area (Å²) in [5.74, 6) is 0. The number of rotatable bonds is 1. The van der Waals surface area contributed by atoms with Crippen molar-refractivity contribution in [2.24, 2.45) is 0 Å². The van der Waals surface area contributed by atoms with Gasteiger partial charge in [-0.15, -0.1) is 0 Å². The van der Waals surface area contributed by atoms with Crippen LogP contribution >= 0.6 is 0 Å². The Kier molecular flexibility index (Phi) is 0.864. The predicted molar refractivity (Wildman–Crippen MR) is 26.3 cm³/mol. The molecule has 4 heteroatoms. The maximum absolute atomic E-state index is 10.1. The van der Waals surface area contributed by atoms with Gasteiger partial charge in [0.05, 0.1) is 10.0 Å². The van der Waals surface area contributed by atoms with Gasteiger partial charge in [0.2, 0.25) is 0 Å². The maximum atomic E-state index is 10.1. The van der Waals surface area contributed by atoms with Crippen LogP contribution in [-0.2, 0) is 10.0 Å². The highest BCUT2D eigenvalue weighted by Crippen LogP contribution is 2.28. The number of hydrogen-bond acceptors (Lipinski definition) is 2. The van der Waals surface area contributed by atoms with E-state index in [2.05, 4.69) is 0 Å². The predicted octanol–water partition coefficient (Wildman–Crippen LogP) is 0.531. The van der Waals surface area contributed by atoms with Crippen LogP contribution in [0.3, 0.4) is 0 Å². The minimum absolute atomic E-state index is 0.313. The first-order valence-corrected chi connectivity index (χ1v) is 3.64. The third-order valence-electron chi connectivity index (χ3n) is 0.963. The van der Waals surface area contributed by atoms with E-state index < -0.39 is 10.0 Å². The lowest BCUT2D eigenvalue weighted by molar-refractivity contribution is 0.603. The third kappa shape index (κ3) is 1.14. The summed E-state index contributed by atoms with van der Waals surface area (Å²) in [4.78, 5) is 0. The molecule has 1 aliphatic rings. The van der Waals surface area contributed by atoms with Gasteiger partial charge in [-0.3, -0.25) is 0 Å². The zero-order valence-corrected chi connectivity index (χ0v) is 4.53. The SMILES string of the molecule is [NH-]S(=O)(=O)C1CC1. The minimum Gasteiger partial charge on any atom is -0.564 e. The van der Waals surface area contributed by atoms with Crippen LogP contribution in [0.1, 0.15) is 12.8 Å². The van der Waals surface area contributed by atoms with Gasteiger partial charge in [0.25, 0.3) is 0 Å². The van der Waals surface area contributed by atoms with E-state index in [0.29, 0.717) is 12.8 Å². The molecule has 1 N–H and O–H groups in total. The highest BCUT2D eigenvalue weighted by molar-refractivity contribution is 7.93. The van der Waals surface area contributed by atoms with Crippen molar-refractivity contribution in [3.05, 3.63) is 5.14 Å². The Morgan fingerprint density at radius 1 is 1.43 bits per heavy atom. The van der Waals surface area contributed by atoms with Gasteiger partial charge in [-0.1, -0.05) is 0 Å². The summed E-state index contributed by atoms with van der Waals surface area (Å²) in [5, 5.41) is 6.11. The Balaban J connectivity index is 2.71. The lowest BCUT2D eigenvalue weighted by Crippen LogP contribution is -1.96. The van der Waals surface area contributed by atoms with Crippen LogP contribution in [0, 0.1) is 0 Å². The van der Waals surface area contributed by atoms with Gasteiger partial charge >= 0.3 is 0 Å². The van der Waals surface area contributed by atoms with Crippen molar-refractivity contribution in [2.75, 3.05) is 0 Å². The van der Waals surface area contributed by atoms with Gasteiger partial charge in [0.15, 0.2) is 0 Å². The van der Waals surface area contributed by atoms with E-state index in [1.165, 1.54) is 0 Å². The van der Waals surface area contributed by atoms with Gasteiger partial charge in [-0.25, -0.2) is 8.42 Å². The molecule has 0 aromatic carbocycles. The summed E-state index contributed by atoms with van der Waals surface area (Å²) in [6.07, 6.45) is 1.40. The average molecular weight is 120 g/mol. The van der Waals surface area contributed by atoms with Gasteiger partial charge < -0.3 is 5.14 Å². The number of hydrogen-bond donors (Lipinski definition) is 0. The fourth-order valence-electron chi connectivity index (χ4n) is 0.378. The number of nitrogens with one attached hydrogen (secondary N) is 1. The van der Waals surface area contributed by atoms with Gasteiger partial charge in [-0.05, 0) is 12.8 Å². The average Bonchev–Trinajstić information content (AvgIpc) is 1.99. The van der Waals surface area contributed by atoms with Crippen LogP contribution in [0.4, 0.5) is 0 Å². The molecule has 0 radical (unpaired) electrons. The second-order valence-electron chi connectivity index (χ2n) is 1.74. The largest absolute Gasteiger partial charge is 0.564 e. The van der Waals surface area contributed by atoms with Gasteiger partial charge in [0, 0.05) is 5.25 Å². The Bertz CT molecular complexity index is 156. The molecule has 0 spiro atoms. The van der Waals surface area contributed by atoms with Crippen LogP contribution < -0.4 is 0 Å². The minimum atomic E-state index is -3.38. The first kappa shape index (κ1) is 5.05. The molecule has 0 saturated heterocycles. The molecule has 0 aromatic rings. The van der Waals surface area contributed by atoms with Gasteiger partial charge in [-0.2, -0.15) is 0 Å². The molecule has 42 valence electrons. The Morgan fingerprint density at radius 3 is 1.86 bits per heavy atom. The fourth-order valence-corrected chi connectivity index (χ4v) is 1.14. The first-order valence-electron chi connectivity index (χ1n) is 2.09. The molecule has 0 aliphatic heterocycles. The topological polar surface area (TPSA) is 57.9 Å². The molecular formula is C3H6NO2S-.